The number of nitrogens with zero attached hydrogens (tertiary/aromatic N) is 6. The highest BCUT2D eigenvalue weighted by atomic mass is 79.9. The van der Waals surface area contributed by atoms with E-state index in [-0.39, 0.29) is 22.4 Å². The highest BCUT2D eigenvalue weighted by Crippen LogP contribution is 2.28. The number of primary amides is 1. The third-order valence-electron chi connectivity index (χ3n) is 10.1. The predicted octanol–water partition coefficient (Wildman–Crippen LogP) is 7.06. The van der Waals surface area contributed by atoms with Crippen LogP contribution in [0.2, 0.25) is 0 Å². The molecule has 0 aliphatic rings. The lowest BCUT2D eigenvalue weighted by Crippen LogP contribution is -2.29. The van der Waals surface area contributed by atoms with E-state index < -0.39 is 19.4 Å². The van der Waals surface area contributed by atoms with Crippen LogP contribution in [0.5, 0.6) is 5.75 Å². The maximum atomic E-state index is 12.1. The Hall–Kier alpha value is -8.45. The number of aromatic amines is 3. The zero-order valence-corrected chi connectivity index (χ0v) is 41.3. The summed E-state index contributed by atoms with van der Waals surface area (Å²) >= 11 is 6.47. The van der Waals surface area contributed by atoms with Gasteiger partial charge >= 0.3 is 13.5 Å². The molecule has 0 radical (unpaired) electrons. The SMILES string of the molecule is Cc1ccc(-c2ccc3nn[nH]c(=O)c3c2)cc1.Cc1ccc(B(O)O)cc1.NC(=O)c1cc(Br)ccc1N.O=c1[nH]nnc2ccc(-c3ccc(OC(F)(F)F)cc3)cc12.O=c1[nH]nnc2ccc(Br)cc12. The number of aromatic nitrogens is 9. The van der Waals surface area contributed by atoms with Crippen molar-refractivity contribution in [3.8, 4) is 28.0 Å². The number of benzene rings is 7. The van der Waals surface area contributed by atoms with Gasteiger partial charge in [-0.2, -0.15) is 0 Å². The van der Waals surface area contributed by atoms with E-state index in [0.29, 0.717) is 60.5 Å². The second-order valence-corrected chi connectivity index (χ2v) is 17.2. The van der Waals surface area contributed by atoms with Crippen molar-refractivity contribution in [2.45, 2.75) is 20.2 Å². The first-order chi connectivity index (χ1) is 34.7. The lowest BCUT2D eigenvalue weighted by atomic mass is 9.80. The summed E-state index contributed by atoms with van der Waals surface area (Å²) in [5, 5.41) is 47.5. The maximum Gasteiger partial charge on any atom is 0.573 e. The number of nitrogen functional groups attached to an aromatic ring is 1. The first-order valence-corrected chi connectivity index (χ1v) is 22.7. The molecule has 7 aromatic carbocycles. The number of alkyl halides is 3. The molecular formula is C49H39BBr2F3N11O7. The Morgan fingerprint density at radius 1 is 0.562 bits per heavy atom. The monoisotopic (exact) mass is 1120 g/mol. The average Bonchev–Trinajstić information content (AvgIpc) is 3.36. The van der Waals surface area contributed by atoms with Crippen molar-refractivity contribution in [1.29, 1.82) is 0 Å². The van der Waals surface area contributed by atoms with Crippen molar-refractivity contribution in [2.24, 2.45) is 5.73 Å². The van der Waals surface area contributed by atoms with Crippen LogP contribution in [0.25, 0.3) is 55.0 Å². The van der Waals surface area contributed by atoms with Crippen molar-refractivity contribution < 1.29 is 32.8 Å². The highest BCUT2D eigenvalue weighted by molar-refractivity contribution is 9.10. The smallest absolute Gasteiger partial charge is 0.423 e. The summed E-state index contributed by atoms with van der Waals surface area (Å²) in [6, 6.07) is 41.4. The molecule has 3 heterocycles. The average molecular weight is 1120 g/mol. The Labute approximate surface area is 427 Å². The summed E-state index contributed by atoms with van der Waals surface area (Å²) in [6.07, 6.45) is -4.73. The number of aryl methyl sites for hydroxylation is 2. The van der Waals surface area contributed by atoms with E-state index in [1.807, 2.05) is 62.4 Å². The molecule has 0 saturated carbocycles. The molecule has 9 N–H and O–H groups in total. The number of ether oxygens (including phenoxy) is 1. The lowest BCUT2D eigenvalue weighted by molar-refractivity contribution is -0.274. The van der Waals surface area contributed by atoms with Crippen molar-refractivity contribution in [3.05, 3.63) is 202 Å². The number of anilines is 1. The molecule has 0 aliphatic carbocycles. The highest BCUT2D eigenvalue weighted by Gasteiger charge is 2.31. The minimum absolute atomic E-state index is 0.214. The van der Waals surface area contributed by atoms with E-state index in [9.17, 15) is 32.3 Å². The minimum atomic E-state index is -4.73. The van der Waals surface area contributed by atoms with E-state index in [1.165, 1.54) is 29.8 Å². The van der Waals surface area contributed by atoms with E-state index in [2.05, 4.69) is 95.0 Å². The zero-order valence-electron chi connectivity index (χ0n) is 38.1. The molecule has 3 aromatic heterocycles. The van der Waals surface area contributed by atoms with E-state index in [0.717, 1.165) is 25.6 Å². The van der Waals surface area contributed by atoms with E-state index in [4.69, 9.17) is 21.5 Å². The second kappa shape index (κ2) is 24.6. The van der Waals surface area contributed by atoms with Gasteiger partial charge in [0.15, 0.2) is 0 Å². The van der Waals surface area contributed by atoms with Gasteiger partial charge in [-0.05, 0) is 114 Å². The van der Waals surface area contributed by atoms with Crippen LogP contribution in [-0.4, -0.2) is 75.7 Å². The van der Waals surface area contributed by atoms with Gasteiger partial charge in [0.05, 0.1) is 21.7 Å². The molecule has 0 fully saturated rings. The Morgan fingerprint density at radius 3 is 1.37 bits per heavy atom. The molecule has 0 bridgehead atoms. The van der Waals surface area contributed by atoms with Crippen LogP contribution in [0.15, 0.2) is 169 Å². The van der Waals surface area contributed by atoms with Crippen molar-refractivity contribution >= 4 is 88.7 Å². The molecule has 0 saturated heterocycles. The fourth-order valence-corrected chi connectivity index (χ4v) is 7.10. The molecule has 73 heavy (non-hydrogen) atoms. The third-order valence-corrected chi connectivity index (χ3v) is 11.1. The van der Waals surface area contributed by atoms with Gasteiger partial charge in [0, 0.05) is 14.6 Å². The fourth-order valence-electron chi connectivity index (χ4n) is 6.38. The third kappa shape index (κ3) is 15.5. The van der Waals surface area contributed by atoms with Gasteiger partial charge in [0.25, 0.3) is 22.6 Å². The van der Waals surface area contributed by atoms with E-state index in [1.54, 1.807) is 60.7 Å². The molecule has 0 spiro atoms. The van der Waals surface area contributed by atoms with Crippen LogP contribution in [0, 0.1) is 13.8 Å². The minimum Gasteiger partial charge on any atom is -0.423 e. The van der Waals surface area contributed by atoms with Crippen LogP contribution in [0.3, 0.4) is 0 Å². The standard InChI is InChI=1S/C14H8F3N3O2.C14H11N3O.C7H9BO2.C7H4BrN3O.C7H7BrN2O/c15-14(16,17)22-10-4-1-8(2-5-10)9-3-6-12-11(7-9)13(21)19-20-18-12;1-9-2-4-10(5-3-9)11-6-7-13-12(8-11)14(18)16-17-15-13;1-6-2-4-7(5-3-6)8(9)10;8-4-1-2-6-5(3-4)7(12)10-11-9-6;8-4-1-2-6(9)5(3-4)7(10)11/h1-7H,(H,18,19,21);2-8H,1H3,(H,15,16,18);2-5,9-10H,1H3;1-3H,(H,9,10,12);1-3H,9H2,(H2,10,11). The van der Waals surface area contributed by atoms with Gasteiger partial charge in [-0.3, -0.25) is 19.2 Å². The molecule has 370 valence electrons. The number of carbonyl (C=O) groups is 1. The summed E-state index contributed by atoms with van der Waals surface area (Å²) in [5.41, 5.74) is 18.3. The topological polar surface area (TPSA) is 295 Å². The summed E-state index contributed by atoms with van der Waals surface area (Å²) in [4.78, 5) is 45.2. The largest absolute Gasteiger partial charge is 0.573 e. The van der Waals surface area contributed by atoms with Crippen molar-refractivity contribution in [3.63, 3.8) is 0 Å². The van der Waals surface area contributed by atoms with Crippen LogP contribution >= 0.6 is 31.9 Å². The fraction of sp³-hybridized carbons (Fsp3) is 0.0612. The number of carbonyl (C=O) groups excluding carboxylic acids is 1. The number of fused-ring (bicyclic) bond motifs is 3. The first kappa shape index (κ1) is 53.9. The van der Waals surface area contributed by atoms with Gasteiger partial charge < -0.3 is 26.3 Å². The van der Waals surface area contributed by atoms with Crippen LogP contribution < -0.4 is 38.3 Å². The molecule has 18 nitrogen and oxygen atoms in total. The number of nitrogens with two attached hydrogens (primary N) is 2. The number of hydrogen-bond acceptors (Lipinski definition) is 14. The Balaban J connectivity index is 0.000000154. The Morgan fingerprint density at radius 2 is 0.945 bits per heavy atom. The van der Waals surface area contributed by atoms with Crippen molar-refractivity contribution in [2.75, 3.05) is 5.73 Å². The molecule has 24 heteroatoms. The lowest BCUT2D eigenvalue weighted by Gasteiger charge is -2.09. The molecular weight excluding hydrogens is 1080 g/mol. The summed E-state index contributed by atoms with van der Waals surface area (Å²) in [6.45, 7) is 4.00. The zero-order chi connectivity index (χ0) is 52.8. The van der Waals surface area contributed by atoms with Crippen LogP contribution in [0.1, 0.15) is 21.5 Å². The Bertz CT molecular complexity index is 3700. The number of halogens is 5. The maximum absolute atomic E-state index is 12.1. The molecule has 10 aromatic rings. The Kier molecular flexibility index (Phi) is 18.2. The molecule has 10 rings (SSSR count). The summed E-state index contributed by atoms with van der Waals surface area (Å²) < 4.78 is 41.8. The number of hydrogen-bond donors (Lipinski definition) is 7. The van der Waals surface area contributed by atoms with Crippen LogP contribution in [-0.2, 0) is 0 Å². The van der Waals surface area contributed by atoms with Gasteiger partial charge in [0.2, 0.25) is 0 Å². The molecule has 1 amide bonds. The first-order valence-electron chi connectivity index (χ1n) is 21.2. The number of nitrogens with one attached hydrogen (secondary N) is 3. The second-order valence-electron chi connectivity index (χ2n) is 15.4. The summed E-state index contributed by atoms with van der Waals surface area (Å²) in [5.74, 6) is -0.815. The van der Waals surface area contributed by atoms with E-state index >= 15 is 0 Å². The number of rotatable bonds is 5. The molecule has 0 aliphatic heterocycles. The van der Waals surface area contributed by atoms with Crippen molar-refractivity contribution in [1.82, 2.24) is 46.2 Å². The van der Waals surface area contributed by atoms with Crippen LogP contribution in [0.4, 0.5) is 18.9 Å². The molecule has 0 atom stereocenters. The predicted molar refractivity (Wildman–Crippen MR) is 279 cm³/mol. The van der Waals surface area contributed by atoms with Gasteiger partial charge in [0.1, 0.15) is 22.3 Å². The van der Waals surface area contributed by atoms with Gasteiger partial charge in [-0.25, -0.2) is 15.3 Å². The number of H-pyrrole nitrogens is 3. The molecule has 0 unspecified atom stereocenters. The normalized spacial score (nSPS) is 10.6. The quantitative estimate of drug-likeness (QED) is 0.0671. The summed E-state index contributed by atoms with van der Waals surface area (Å²) in [7, 11) is -1.35. The van der Waals surface area contributed by atoms with Gasteiger partial charge in [-0.15, -0.1) is 28.5 Å². The van der Waals surface area contributed by atoms with Gasteiger partial charge in [-0.1, -0.05) is 131 Å². The number of amides is 1.